The SMILES string of the molecule is O=[Si]([O-])[O-].O=[Si]([O-])[O-].[Li+].[Li+].[Ni+2]. The molecule has 56 valence electrons. The van der Waals surface area contributed by atoms with Crippen LogP contribution in [-0.2, 0) is 25.4 Å². The molecule has 0 radical (unpaired) electrons. The van der Waals surface area contributed by atoms with Gasteiger partial charge < -0.3 is 28.1 Å². The largest absolute Gasteiger partial charge is 2.00 e. The van der Waals surface area contributed by atoms with Gasteiger partial charge >= 0.3 is 54.2 Å². The van der Waals surface area contributed by atoms with Gasteiger partial charge in [-0.25, -0.2) is 0 Å². The van der Waals surface area contributed by atoms with E-state index < -0.39 is 18.3 Å². The Hall–Kier alpha value is 0.922. The summed E-state index contributed by atoms with van der Waals surface area (Å²) in [6.45, 7) is 0. The van der Waals surface area contributed by atoms with Gasteiger partial charge in [0.05, 0.1) is 0 Å². The topological polar surface area (TPSA) is 126 Å². The van der Waals surface area contributed by atoms with Crippen molar-refractivity contribution in [1.29, 1.82) is 0 Å². The van der Waals surface area contributed by atoms with E-state index in [4.69, 9.17) is 28.1 Å². The van der Waals surface area contributed by atoms with E-state index >= 15 is 0 Å². The Labute approximate surface area is 100 Å². The second kappa shape index (κ2) is 22.4. The van der Waals surface area contributed by atoms with E-state index in [1.54, 1.807) is 0 Å². The van der Waals surface area contributed by atoms with E-state index in [9.17, 15) is 0 Å². The summed E-state index contributed by atoms with van der Waals surface area (Å²) in [4.78, 5) is 34.1. The first kappa shape index (κ1) is 29.7. The molecule has 0 aromatic rings. The summed E-state index contributed by atoms with van der Waals surface area (Å²) in [6, 6.07) is 0. The fourth-order valence-corrected chi connectivity index (χ4v) is 0. The van der Waals surface area contributed by atoms with Crippen molar-refractivity contribution < 1.29 is 82.3 Å². The van der Waals surface area contributed by atoms with Gasteiger partial charge in [-0.1, -0.05) is 0 Å². The number of hydrogen-bond donors (Lipinski definition) is 0. The van der Waals surface area contributed by atoms with Gasteiger partial charge in [0.25, 0.3) is 0 Å². The Kier molecular flexibility index (Phi) is 60.6. The maximum atomic E-state index is 8.52. The minimum atomic E-state index is -3.63. The average Bonchev–Trinajstić information content (AvgIpc) is 1.25. The van der Waals surface area contributed by atoms with Gasteiger partial charge in [0.1, 0.15) is 0 Å². The van der Waals surface area contributed by atoms with Gasteiger partial charge in [0.2, 0.25) is 0 Å². The Morgan fingerprint density at radius 2 is 0.727 bits per heavy atom. The maximum Gasteiger partial charge on any atom is 2.00 e. The molecule has 0 aromatic heterocycles. The molecular formula is Li2NiO6Si2. The summed E-state index contributed by atoms with van der Waals surface area (Å²) in [5.41, 5.74) is 0. The molecule has 0 heterocycles. The molecule has 0 aliphatic carbocycles. The van der Waals surface area contributed by atoms with Gasteiger partial charge in [-0.3, -0.25) is 0 Å². The van der Waals surface area contributed by atoms with Crippen LogP contribution in [0.2, 0.25) is 0 Å². The van der Waals surface area contributed by atoms with Gasteiger partial charge in [-0.15, -0.1) is 0 Å². The molecule has 0 bridgehead atoms. The quantitative estimate of drug-likeness (QED) is 0.376. The second-order valence-corrected chi connectivity index (χ2v) is 1.50. The van der Waals surface area contributed by atoms with Crippen LogP contribution in [0.5, 0.6) is 0 Å². The van der Waals surface area contributed by atoms with Crippen LogP contribution in [0.3, 0.4) is 0 Å². The molecule has 0 spiro atoms. The van der Waals surface area contributed by atoms with Crippen LogP contribution in [-0.4, -0.2) is 18.3 Å². The third kappa shape index (κ3) is 1020. The Morgan fingerprint density at radius 3 is 0.727 bits per heavy atom. The molecule has 0 aliphatic rings. The Bertz CT molecular complexity index is 76.6. The molecule has 0 amide bonds. The van der Waals surface area contributed by atoms with E-state index in [0.29, 0.717) is 0 Å². The maximum absolute atomic E-state index is 8.52. The molecule has 0 saturated carbocycles. The molecule has 0 unspecified atom stereocenters. The summed E-state index contributed by atoms with van der Waals surface area (Å²) in [6.07, 6.45) is 0. The Balaban J connectivity index is -0.0000000171. The zero-order chi connectivity index (χ0) is 7.15. The van der Waals surface area contributed by atoms with E-state index in [-0.39, 0.29) is 54.2 Å². The molecule has 0 aromatic carbocycles. The molecule has 11 heteroatoms. The molecule has 11 heavy (non-hydrogen) atoms. The van der Waals surface area contributed by atoms with E-state index in [1.165, 1.54) is 0 Å². The predicted molar refractivity (Wildman–Crippen MR) is 12.9 cm³/mol. The molecule has 0 fully saturated rings. The van der Waals surface area contributed by atoms with Crippen molar-refractivity contribution in [2.24, 2.45) is 0 Å². The van der Waals surface area contributed by atoms with E-state index in [1.807, 2.05) is 0 Å². The number of rotatable bonds is 0. The molecule has 6 nitrogen and oxygen atoms in total. The minimum absolute atomic E-state index is 0. The fraction of sp³-hybridized carbons (Fsp3) is 0. The van der Waals surface area contributed by atoms with Crippen molar-refractivity contribution in [3.63, 3.8) is 0 Å². The smallest absolute Gasteiger partial charge is 0.672 e. The molecule has 0 aliphatic heterocycles. The molecule has 0 N–H and O–H groups in total. The summed E-state index contributed by atoms with van der Waals surface area (Å²) in [5, 5.41) is 0. The van der Waals surface area contributed by atoms with Crippen LogP contribution in [0.25, 0.3) is 0 Å². The first-order valence-electron chi connectivity index (χ1n) is 1.22. The van der Waals surface area contributed by atoms with Crippen molar-refractivity contribution in [3.05, 3.63) is 0 Å². The van der Waals surface area contributed by atoms with Crippen molar-refractivity contribution in [2.75, 3.05) is 0 Å². The zero-order valence-electron chi connectivity index (χ0n) is 5.77. The Morgan fingerprint density at radius 1 is 0.727 bits per heavy atom. The first-order chi connectivity index (χ1) is 3.46. The standard InChI is InChI=1S/2Li.Ni.2O3Si/c;;;2*1-4(2)3/q2*+1;+2;2*-2. The van der Waals surface area contributed by atoms with Gasteiger partial charge in [0.15, 0.2) is 0 Å². The summed E-state index contributed by atoms with van der Waals surface area (Å²) in [7, 11) is -7.26. The van der Waals surface area contributed by atoms with Crippen LogP contribution in [0.15, 0.2) is 0 Å². The fourth-order valence-electron chi connectivity index (χ4n) is 0. The van der Waals surface area contributed by atoms with Gasteiger partial charge in [-0.05, 0) is 0 Å². The van der Waals surface area contributed by atoms with Crippen molar-refractivity contribution >= 4 is 18.3 Å². The van der Waals surface area contributed by atoms with E-state index in [0.717, 1.165) is 0 Å². The third-order valence-electron chi connectivity index (χ3n) is 0. The third-order valence-corrected chi connectivity index (χ3v) is 0. The van der Waals surface area contributed by atoms with Crippen LogP contribution in [0.4, 0.5) is 0 Å². The normalized spacial score (nSPS) is 4.36. The van der Waals surface area contributed by atoms with Gasteiger partial charge in [0, 0.05) is 18.3 Å². The first-order valence-corrected chi connectivity index (χ1v) is 3.67. The molecule has 0 atom stereocenters. The van der Waals surface area contributed by atoms with Crippen LogP contribution in [0.1, 0.15) is 0 Å². The van der Waals surface area contributed by atoms with Crippen LogP contribution < -0.4 is 56.9 Å². The minimum Gasteiger partial charge on any atom is -0.672 e. The average molecular weight is 225 g/mol. The van der Waals surface area contributed by atoms with Crippen molar-refractivity contribution in [1.82, 2.24) is 0 Å². The summed E-state index contributed by atoms with van der Waals surface area (Å²) < 4.78 is 17.0. The van der Waals surface area contributed by atoms with E-state index in [2.05, 4.69) is 0 Å². The number of hydrogen-bond acceptors (Lipinski definition) is 6. The van der Waals surface area contributed by atoms with Crippen molar-refractivity contribution in [2.45, 2.75) is 0 Å². The summed E-state index contributed by atoms with van der Waals surface area (Å²) >= 11 is 0. The molecule has 0 rings (SSSR count). The molecular weight excluding hydrogens is 225 g/mol. The predicted octanol–water partition coefficient (Wildman–Crippen LogP) is -11.7. The second-order valence-electron chi connectivity index (χ2n) is 0.500. The van der Waals surface area contributed by atoms with Gasteiger partial charge in [-0.2, -0.15) is 0 Å². The molecule has 0 saturated heterocycles. The van der Waals surface area contributed by atoms with Crippen LogP contribution >= 0.6 is 0 Å². The van der Waals surface area contributed by atoms with Crippen molar-refractivity contribution in [3.8, 4) is 0 Å². The zero-order valence-corrected chi connectivity index (χ0v) is 8.75. The monoisotopic (exact) mass is 224 g/mol. The van der Waals surface area contributed by atoms with Crippen LogP contribution in [0, 0.1) is 0 Å². The summed E-state index contributed by atoms with van der Waals surface area (Å²) in [5.74, 6) is 0.